The largest absolute Gasteiger partial charge is 0.463 e. The lowest BCUT2D eigenvalue weighted by Crippen LogP contribution is -2.53. The van der Waals surface area contributed by atoms with E-state index < -0.39 is 52.6 Å². The Kier molecular flexibility index (Phi) is 6.33. The van der Waals surface area contributed by atoms with Crippen LogP contribution in [-0.2, 0) is 31.2 Å². The molecule has 7 rings (SSSR count). The number of anilines is 1. The minimum Gasteiger partial charge on any atom is -0.463 e. The van der Waals surface area contributed by atoms with Gasteiger partial charge in [-0.2, -0.15) is 5.01 Å². The molecule has 220 valence electrons. The first kappa shape index (κ1) is 27.5. The number of nitrogens with one attached hydrogen (secondary N) is 1. The summed E-state index contributed by atoms with van der Waals surface area (Å²) in [7, 11) is 1.47. The number of hydrogen-bond donors (Lipinski definition) is 2. The second-order valence-electron chi connectivity index (χ2n) is 11.6. The number of rotatable bonds is 5. The number of furan rings is 1. The molecule has 0 radical (unpaired) electrons. The fourth-order valence-corrected chi connectivity index (χ4v) is 7.88. The summed E-state index contributed by atoms with van der Waals surface area (Å²) in [6.45, 7) is -0.375. The number of halogens is 2. The number of fused-ring (bicyclic) bond motifs is 4. The van der Waals surface area contributed by atoms with Crippen molar-refractivity contribution in [1.29, 1.82) is 0 Å². The van der Waals surface area contributed by atoms with E-state index in [1.165, 1.54) is 31.3 Å². The number of aliphatic hydroxyl groups excluding tert-OH is 1. The van der Waals surface area contributed by atoms with Gasteiger partial charge in [-0.3, -0.25) is 29.5 Å². The zero-order valence-corrected chi connectivity index (χ0v) is 23.8. The summed E-state index contributed by atoms with van der Waals surface area (Å²) in [5.41, 5.74) is 2.98. The van der Waals surface area contributed by atoms with Gasteiger partial charge in [-0.25, -0.2) is 4.39 Å². The molecule has 2 saturated heterocycles. The summed E-state index contributed by atoms with van der Waals surface area (Å²) in [6, 6.07) is 15.3. The van der Waals surface area contributed by atoms with Crippen LogP contribution in [0.4, 0.5) is 10.1 Å². The first-order valence-electron chi connectivity index (χ1n) is 14.0. The standard InChI is InChI=1S/C32H27ClFN3O6/c1-36-28(39)22-12-11-21-23(26(22)30(36)41)14-24-29(40)37(35-19-8-6-18(34)7-9-19)31(42)32(24,16-2-4-17(33)5-3-16)27(21)25-13-10-20(15-38)43-25/h2-11,13,22-24,26-27,35,38H,12,14-15H2,1H3/t22-,23+,24-,26-,27+,32+/m0/s1. The van der Waals surface area contributed by atoms with Crippen LogP contribution < -0.4 is 5.43 Å². The van der Waals surface area contributed by atoms with E-state index in [0.29, 0.717) is 28.5 Å². The zero-order valence-electron chi connectivity index (χ0n) is 23.0. The predicted octanol–water partition coefficient (Wildman–Crippen LogP) is 4.18. The number of benzene rings is 2. The van der Waals surface area contributed by atoms with Gasteiger partial charge in [0.05, 0.1) is 29.4 Å². The van der Waals surface area contributed by atoms with E-state index >= 15 is 0 Å². The Labute approximate surface area is 250 Å². The van der Waals surface area contributed by atoms with E-state index in [0.717, 1.165) is 15.5 Å². The van der Waals surface area contributed by atoms with E-state index in [1.54, 1.807) is 36.4 Å². The molecule has 2 aromatic carbocycles. The van der Waals surface area contributed by atoms with Crippen molar-refractivity contribution in [3.8, 4) is 0 Å². The smallest absolute Gasteiger partial charge is 0.260 e. The third kappa shape index (κ3) is 3.86. The molecule has 0 spiro atoms. The Balaban J connectivity index is 1.46. The molecule has 4 amide bonds. The van der Waals surface area contributed by atoms with Gasteiger partial charge in [-0.1, -0.05) is 35.4 Å². The highest BCUT2D eigenvalue weighted by molar-refractivity contribution is 6.30. The number of carbonyl (C=O) groups excluding carboxylic acids is 4. The van der Waals surface area contributed by atoms with Crippen LogP contribution in [0.2, 0.25) is 5.02 Å². The number of aliphatic hydroxyl groups is 1. The average molecular weight is 604 g/mol. The minimum atomic E-state index is -1.52. The number of allylic oxidation sites excluding steroid dienone is 2. The average Bonchev–Trinajstić information content (AvgIpc) is 3.64. The molecule has 0 bridgehead atoms. The van der Waals surface area contributed by atoms with Crippen LogP contribution in [0, 0.1) is 29.5 Å². The number of imide groups is 2. The third-order valence-electron chi connectivity index (χ3n) is 9.60. The Morgan fingerprint density at radius 2 is 1.70 bits per heavy atom. The van der Waals surface area contributed by atoms with E-state index in [4.69, 9.17) is 16.0 Å². The van der Waals surface area contributed by atoms with Gasteiger partial charge in [0.15, 0.2) is 0 Å². The molecule has 0 unspecified atom stereocenters. The second kappa shape index (κ2) is 9.89. The van der Waals surface area contributed by atoms with Crippen LogP contribution in [0.3, 0.4) is 0 Å². The first-order valence-corrected chi connectivity index (χ1v) is 14.4. The molecule has 4 aliphatic rings. The lowest BCUT2D eigenvalue weighted by Gasteiger charge is -2.49. The summed E-state index contributed by atoms with van der Waals surface area (Å²) in [6.07, 6.45) is 2.36. The van der Waals surface area contributed by atoms with Crippen molar-refractivity contribution in [3.63, 3.8) is 0 Å². The van der Waals surface area contributed by atoms with E-state index in [-0.39, 0.29) is 30.6 Å². The summed E-state index contributed by atoms with van der Waals surface area (Å²) in [5.74, 6) is -5.03. The predicted molar refractivity (Wildman–Crippen MR) is 151 cm³/mol. The number of carbonyl (C=O) groups is 4. The first-order chi connectivity index (χ1) is 20.7. The Morgan fingerprint density at radius 1 is 0.977 bits per heavy atom. The van der Waals surface area contributed by atoms with Crippen molar-refractivity contribution < 1.29 is 33.1 Å². The molecule has 2 N–H and O–H groups in total. The highest BCUT2D eigenvalue weighted by Crippen LogP contribution is 2.64. The van der Waals surface area contributed by atoms with Crippen molar-refractivity contribution >= 4 is 40.9 Å². The van der Waals surface area contributed by atoms with Gasteiger partial charge in [-0.05, 0) is 72.9 Å². The van der Waals surface area contributed by atoms with Crippen molar-refractivity contribution in [1.82, 2.24) is 9.91 Å². The molecule has 11 heteroatoms. The Hall–Kier alpha value is -4.28. The highest BCUT2D eigenvalue weighted by atomic mass is 35.5. The Morgan fingerprint density at radius 3 is 2.37 bits per heavy atom. The van der Waals surface area contributed by atoms with Crippen molar-refractivity contribution in [2.24, 2.45) is 23.7 Å². The molecule has 2 aliphatic heterocycles. The normalized spacial score (nSPS) is 29.9. The van der Waals surface area contributed by atoms with Crippen LogP contribution in [0.15, 0.2) is 76.7 Å². The zero-order chi connectivity index (χ0) is 30.2. The molecule has 2 aliphatic carbocycles. The van der Waals surface area contributed by atoms with Gasteiger partial charge in [0.1, 0.15) is 29.4 Å². The van der Waals surface area contributed by atoms with Gasteiger partial charge in [0.25, 0.3) is 11.8 Å². The quantitative estimate of drug-likeness (QED) is 0.332. The topological polar surface area (TPSA) is 120 Å². The summed E-state index contributed by atoms with van der Waals surface area (Å²) in [4.78, 5) is 56.8. The lowest BCUT2D eigenvalue weighted by atomic mass is 9.50. The van der Waals surface area contributed by atoms with Gasteiger partial charge in [-0.15, -0.1) is 0 Å². The monoisotopic (exact) mass is 603 g/mol. The minimum absolute atomic E-state index is 0.138. The number of amides is 4. The molecular formula is C32H27ClFN3O6. The lowest BCUT2D eigenvalue weighted by molar-refractivity contribution is -0.140. The molecule has 1 aromatic heterocycles. The van der Waals surface area contributed by atoms with Gasteiger partial charge >= 0.3 is 0 Å². The molecular weight excluding hydrogens is 577 g/mol. The maximum absolute atomic E-state index is 14.8. The Bertz CT molecular complexity index is 1700. The molecule has 3 heterocycles. The molecule has 3 fully saturated rings. The fraction of sp³-hybridized carbons (Fsp3) is 0.312. The maximum Gasteiger partial charge on any atom is 0.260 e. The van der Waals surface area contributed by atoms with Gasteiger partial charge in [0, 0.05) is 12.1 Å². The number of nitrogens with zero attached hydrogens (tertiary/aromatic N) is 2. The molecule has 3 aromatic rings. The molecule has 43 heavy (non-hydrogen) atoms. The number of likely N-dealkylation sites (tertiary alicyclic amines) is 1. The van der Waals surface area contributed by atoms with Crippen LogP contribution in [0.1, 0.15) is 35.8 Å². The highest BCUT2D eigenvalue weighted by Gasteiger charge is 2.71. The number of hydrogen-bond acceptors (Lipinski definition) is 7. The van der Waals surface area contributed by atoms with Gasteiger partial charge < -0.3 is 9.52 Å². The third-order valence-corrected chi connectivity index (χ3v) is 9.85. The SMILES string of the molecule is CN1C(=O)[C@H]2[C@H](CC=C3[C@H]2C[C@H]2C(=O)N(Nc4ccc(F)cc4)C(=O)[C@@]2(c2ccc(Cl)cc2)[C@H]3c2ccc(CO)o2)C1=O. The fourth-order valence-electron chi connectivity index (χ4n) is 7.76. The van der Waals surface area contributed by atoms with E-state index in [1.807, 2.05) is 6.08 Å². The molecule has 6 atom stereocenters. The summed E-state index contributed by atoms with van der Waals surface area (Å²) in [5, 5.41) is 11.3. The molecule has 9 nitrogen and oxygen atoms in total. The van der Waals surface area contributed by atoms with Crippen molar-refractivity contribution in [2.45, 2.75) is 30.8 Å². The van der Waals surface area contributed by atoms with Crippen LogP contribution in [0.5, 0.6) is 0 Å². The van der Waals surface area contributed by atoms with E-state index in [2.05, 4.69) is 5.43 Å². The maximum atomic E-state index is 14.8. The van der Waals surface area contributed by atoms with Crippen molar-refractivity contribution in [2.75, 3.05) is 12.5 Å². The van der Waals surface area contributed by atoms with Crippen molar-refractivity contribution in [3.05, 3.63) is 100 Å². The summed E-state index contributed by atoms with van der Waals surface area (Å²) >= 11 is 6.26. The molecule has 1 saturated carbocycles. The number of hydrazine groups is 1. The van der Waals surface area contributed by atoms with E-state index in [9.17, 15) is 28.7 Å². The van der Waals surface area contributed by atoms with Gasteiger partial charge in [0.2, 0.25) is 11.8 Å². The van der Waals surface area contributed by atoms with Crippen LogP contribution in [-0.4, -0.2) is 45.7 Å². The summed E-state index contributed by atoms with van der Waals surface area (Å²) < 4.78 is 19.8. The van der Waals surface area contributed by atoms with Crippen LogP contribution >= 0.6 is 11.6 Å². The second-order valence-corrected chi connectivity index (χ2v) is 12.0. The van der Waals surface area contributed by atoms with Crippen LogP contribution in [0.25, 0.3) is 0 Å².